The minimum atomic E-state index is -1.07. The number of carbonyl (C=O) groups excluding carboxylic acids is 2. The molecule has 2 nitrogen and oxygen atoms in total. The van der Waals surface area contributed by atoms with E-state index in [0.29, 0.717) is 11.1 Å². The van der Waals surface area contributed by atoms with E-state index in [-0.39, 0.29) is 11.6 Å². The molecule has 22 heavy (non-hydrogen) atoms. The molecule has 0 amide bonds. The fraction of sp³-hybridized carbons (Fsp3) is 0.125. The third-order valence-electron chi connectivity index (χ3n) is 3.07. The molecule has 0 aliphatic heterocycles. The van der Waals surface area contributed by atoms with Crippen LogP contribution in [-0.4, -0.2) is 21.2 Å². The zero-order chi connectivity index (χ0) is 16.3. The Morgan fingerprint density at radius 2 is 0.864 bits per heavy atom. The van der Waals surface area contributed by atoms with Gasteiger partial charge in [0.15, 0.2) is 21.2 Å². The van der Waals surface area contributed by atoms with Gasteiger partial charge in [0, 0.05) is 11.1 Å². The summed E-state index contributed by atoms with van der Waals surface area (Å²) >= 11 is 22.2. The second-order valence-corrected chi connectivity index (χ2v) is 6.68. The molecule has 0 aromatic heterocycles. The highest BCUT2D eigenvalue weighted by molar-refractivity contribution is 6.55. The highest BCUT2D eigenvalue weighted by Crippen LogP contribution is 2.23. The molecular formula is C16H10Cl4O2. The molecule has 0 heterocycles. The quantitative estimate of drug-likeness (QED) is 0.523. The monoisotopic (exact) mass is 374 g/mol. The van der Waals surface area contributed by atoms with Crippen LogP contribution in [0.4, 0.5) is 0 Å². The predicted octanol–water partition coefficient (Wildman–Crippen LogP) is 5.33. The number of hydrogen-bond donors (Lipinski definition) is 0. The fourth-order valence-electron chi connectivity index (χ4n) is 1.91. The molecule has 0 spiro atoms. The SMILES string of the molecule is O=C(c1ccc(-c2ccc(C(=O)C(Cl)Cl)cc2)cc1)C(Cl)Cl. The third-order valence-corrected chi connectivity index (χ3v) is 3.86. The Morgan fingerprint density at radius 1 is 0.591 bits per heavy atom. The zero-order valence-corrected chi connectivity index (χ0v) is 14.1. The van der Waals surface area contributed by atoms with E-state index in [9.17, 15) is 9.59 Å². The number of benzene rings is 2. The number of Topliss-reactive ketones (excluding diaryl/α,β-unsaturated/α-hetero) is 2. The standard InChI is InChI=1S/C16H10Cl4O2/c17-15(18)13(21)11-5-1-9(2-6-11)10-3-7-12(8-4-10)14(22)16(19)20/h1-8,15-16H. The Morgan fingerprint density at radius 3 is 1.09 bits per heavy atom. The van der Waals surface area contributed by atoms with E-state index < -0.39 is 9.67 Å². The van der Waals surface area contributed by atoms with Crippen molar-refractivity contribution in [2.45, 2.75) is 9.67 Å². The molecule has 0 saturated heterocycles. The maximum absolute atomic E-state index is 11.6. The Labute approximate surface area is 147 Å². The highest BCUT2D eigenvalue weighted by Gasteiger charge is 2.15. The summed E-state index contributed by atoms with van der Waals surface area (Å²) < 4.78 is 0. The van der Waals surface area contributed by atoms with Gasteiger partial charge < -0.3 is 0 Å². The van der Waals surface area contributed by atoms with E-state index in [2.05, 4.69) is 0 Å². The molecule has 0 aliphatic carbocycles. The first-order chi connectivity index (χ1) is 10.4. The van der Waals surface area contributed by atoms with Crippen LogP contribution in [0.1, 0.15) is 20.7 Å². The van der Waals surface area contributed by atoms with Gasteiger partial charge in [-0.25, -0.2) is 0 Å². The molecule has 0 radical (unpaired) electrons. The number of ketones is 2. The number of halogens is 4. The summed E-state index contributed by atoms with van der Waals surface area (Å²) in [7, 11) is 0. The molecule has 2 aromatic carbocycles. The van der Waals surface area contributed by atoms with Crippen LogP contribution in [0.25, 0.3) is 11.1 Å². The molecule has 6 heteroatoms. The number of alkyl halides is 4. The van der Waals surface area contributed by atoms with Crippen molar-refractivity contribution >= 4 is 58.0 Å². The highest BCUT2D eigenvalue weighted by atomic mass is 35.5. The molecule has 0 atom stereocenters. The minimum absolute atomic E-state index is 0.342. The van der Waals surface area contributed by atoms with Crippen molar-refractivity contribution in [1.29, 1.82) is 0 Å². The number of rotatable bonds is 5. The lowest BCUT2D eigenvalue weighted by atomic mass is 10.0. The average Bonchev–Trinajstić information content (AvgIpc) is 2.53. The maximum atomic E-state index is 11.6. The summed E-state index contributed by atoms with van der Waals surface area (Å²) in [4.78, 5) is 21.2. The van der Waals surface area contributed by atoms with E-state index in [1.807, 2.05) is 0 Å². The lowest BCUT2D eigenvalue weighted by molar-refractivity contribution is 0.0999. The largest absolute Gasteiger partial charge is 0.291 e. The zero-order valence-electron chi connectivity index (χ0n) is 11.1. The summed E-state index contributed by atoms with van der Waals surface area (Å²) in [6, 6.07) is 13.8. The molecule has 0 bridgehead atoms. The smallest absolute Gasteiger partial charge is 0.195 e. The molecule has 2 aromatic rings. The Hall–Kier alpha value is -1.06. The van der Waals surface area contributed by atoms with Crippen LogP contribution < -0.4 is 0 Å². The third kappa shape index (κ3) is 4.02. The first kappa shape index (κ1) is 17.3. The summed E-state index contributed by atoms with van der Waals surface area (Å²) in [5.41, 5.74) is 2.67. The van der Waals surface area contributed by atoms with Crippen LogP contribution in [-0.2, 0) is 0 Å². The van der Waals surface area contributed by atoms with Gasteiger partial charge in [-0.1, -0.05) is 94.9 Å². The minimum Gasteiger partial charge on any atom is -0.291 e. The molecule has 0 aliphatic rings. The summed E-state index contributed by atoms with van der Waals surface area (Å²) in [6.07, 6.45) is 0. The van der Waals surface area contributed by atoms with Gasteiger partial charge in [-0.3, -0.25) is 9.59 Å². The van der Waals surface area contributed by atoms with Crippen LogP contribution in [0.2, 0.25) is 0 Å². The van der Waals surface area contributed by atoms with Crippen molar-refractivity contribution in [3.05, 3.63) is 59.7 Å². The van der Waals surface area contributed by atoms with Crippen molar-refractivity contribution in [3.8, 4) is 11.1 Å². The first-order valence-corrected chi connectivity index (χ1v) is 8.00. The lowest BCUT2D eigenvalue weighted by Crippen LogP contribution is -2.08. The van der Waals surface area contributed by atoms with Crippen molar-refractivity contribution in [2.24, 2.45) is 0 Å². The molecule has 0 N–H and O–H groups in total. The van der Waals surface area contributed by atoms with E-state index in [0.717, 1.165) is 11.1 Å². The Kier molecular flexibility index (Phi) is 5.87. The van der Waals surface area contributed by atoms with Crippen LogP contribution in [0.3, 0.4) is 0 Å². The van der Waals surface area contributed by atoms with Crippen molar-refractivity contribution in [3.63, 3.8) is 0 Å². The van der Waals surface area contributed by atoms with Gasteiger partial charge in [-0.15, -0.1) is 0 Å². The van der Waals surface area contributed by atoms with Gasteiger partial charge in [-0.05, 0) is 11.1 Å². The Balaban J connectivity index is 2.22. The van der Waals surface area contributed by atoms with Crippen molar-refractivity contribution in [2.75, 3.05) is 0 Å². The van der Waals surface area contributed by atoms with Gasteiger partial charge in [0.25, 0.3) is 0 Å². The van der Waals surface area contributed by atoms with Gasteiger partial charge >= 0.3 is 0 Å². The fourth-order valence-corrected chi connectivity index (χ4v) is 2.41. The first-order valence-electron chi connectivity index (χ1n) is 6.25. The summed E-state index contributed by atoms with van der Waals surface area (Å²) in [6.45, 7) is 0. The normalized spacial score (nSPS) is 11.0. The average molecular weight is 376 g/mol. The number of carbonyl (C=O) groups is 2. The van der Waals surface area contributed by atoms with Crippen LogP contribution in [0.5, 0.6) is 0 Å². The van der Waals surface area contributed by atoms with Gasteiger partial charge in [0.05, 0.1) is 0 Å². The topological polar surface area (TPSA) is 34.1 Å². The molecule has 0 fully saturated rings. The van der Waals surface area contributed by atoms with E-state index in [1.54, 1.807) is 48.5 Å². The second-order valence-electron chi connectivity index (χ2n) is 4.48. The molecule has 0 unspecified atom stereocenters. The summed E-state index contributed by atoms with van der Waals surface area (Å²) in [5.74, 6) is -0.683. The lowest BCUT2D eigenvalue weighted by Gasteiger charge is -2.06. The van der Waals surface area contributed by atoms with Crippen LogP contribution >= 0.6 is 46.4 Å². The summed E-state index contributed by atoms with van der Waals surface area (Å²) in [5, 5.41) is 0. The van der Waals surface area contributed by atoms with Gasteiger partial charge in [0.1, 0.15) is 0 Å². The van der Waals surface area contributed by atoms with Crippen LogP contribution in [0.15, 0.2) is 48.5 Å². The van der Waals surface area contributed by atoms with Gasteiger partial charge in [-0.2, -0.15) is 0 Å². The molecular weight excluding hydrogens is 366 g/mol. The van der Waals surface area contributed by atoms with Gasteiger partial charge in [0.2, 0.25) is 0 Å². The van der Waals surface area contributed by atoms with E-state index in [4.69, 9.17) is 46.4 Å². The second kappa shape index (κ2) is 7.47. The Bertz CT molecular complexity index is 615. The number of hydrogen-bond acceptors (Lipinski definition) is 2. The molecule has 114 valence electrons. The van der Waals surface area contributed by atoms with E-state index >= 15 is 0 Å². The maximum Gasteiger partial charge on any atom is 0.195 e. The van der Waals surface area contributed by atoms with Crippen molar-refractivity contribution in [1.82, 2.24) is 0 Å². The van der Waals surface area contributed by atoms with Crippen molar-refractivity contribution < 1.29 is 9.59 Å². The predicted molar refractivity (Wildman–Crippen MR) is 91.5 cm³/mol. The van der Waals surface area contributed by atoms with Crippen LogP contribution in [0, 0.1) is 0 Å². The van der Waals surface area contributed by atoms with E-state index in [1.165, 1.54) is 0 Å². The molecule has 2 rings (SSSR count). The molecule has 0 saturated carbocycles.